The van der Waals surface area contributed by atoms with Crippen LogP contribution in [0.1, 0.15) is 5.56 Å². The van der Waals surface area contributed by atoms with Gasteiger partial charge in [0.2, 0.25) is 0 Å². The second kappa shape index (κ2) is 6.50. The van der Waals surface area contributed by atoms with Gasteiger partial charge < -0.3 is 10.1 Å². The van der Waals surface area contributed by atoms with Crippen molar-refractivity contribution in [3.05, 3.63) is 72.3 Å². The van der Waals surface area contributed by atoms with Gasteiger partial charge in [-0.05, 0) is 40.7 Å². The highest BCUT2D eigenvalue weighted by molar-refractivity contribution is 6.65. The molecule has 0 saturated carbocycles. The van der Waals surface area contributed by atoms with Crippen molar-refractivity contribution in [1.29, 1.82) is 0 Å². The summed E-state index contributed by atoms with van der Waals surface area (Å²) in [6.45, 7) is 0.461. The SMILES string of the molecule is O=C(Cl)Nc1ccc(COc2cccc3ccccc23)cc1. The molecule has 0 atom stereocenters. The number of amides is 1. The molecule has 0 radical (unpaired) electrons. The largest absolute Gasteiger partial charge is 0.488 e. The Balaban J connectivity index is 1.72. The molecule has 3 rings (SSSR count). The number of anilines is 1. The van der Waals surface area contributed by atoms with Crippen LogP contribution in [0.4, 0.5) is 10.5 Å². The van der Waals surface area contributed by atoms with Gasteiger partial charge in [-0.15, -0.1) is 0 Å². The molecule has 4 heteroatoms. The predicted molar refractivity (Wildman–Crippen MR) is 89.6 cm³/mol. The van der Waals surface area contributed by atoms with Crippen LogP contribution in [0.3, 0.4) is 0 Å². The molecule has 0 bridgehead atoms. The number of fused-ring (bicyclic) bond motifs is 1. The molecule has 0 fully saturated rings. The van der Waals surface area contributed by atoms with Gasteiger partial charge in [0, 0.05) is 11.1 Å². The molecular weight excluding hydrogens is 298 g/mol. The molecule has 1 amide bonds. The molecule has 0 heterocycles. The van der Waals surface area contributed by atoms with Crippen LogP contribution in [0.25, 0.3) is 10.8 Å². The second-order valence-electron chi connectivity index (χ2n) is 4.86. The van der Waals surface area contributed by atoms with Crippen molar-refractivity contribution in [2.75, 3.05) is 5.32 Å². The Kier molecular flexibility index (Phi) is 4.26. The summed E-state index contributed by atoms with van der Waals surface area (Å²) >= 11 is 5.27. The highest BCUT2D eigenvalue weighted by Gasteiger charge is 2.02. The van der Waals surface area contributed by atoms with Gasteiger partial charge in [0.15, 0.2) is 0 Å². The lowest BCUT2D eigenvalue weighted by molar-refractivity contribution is 0.269. The van der Waals surface area contributed by atoms with E-state index in [-0.39, 0.29) is 0 Å². The smallest absolute Gasteiger partial charge is 0.318 e. The molecular formula is C18H14ClNO2. The first-order valence-electron chi connectivity index (χ1n) is 6.88. The highest BCUT2D eigenvalue weighted by atomic mass is 35.5. The van der Waals surface area contributed by atoms with E-state index < -0.39 is 5.37 Å². The maximum atomic E-state index is 10.8. The monoisotopic (exact) mass is 311 g/mol. The minimum Gasteiger partial charge on any atom is -0.488 e. The van der Waals surface area contributed by atoms with E-state index in [9.17, 15) is 4.79 Å². The molecule has 0 spiro atoms. The van der Waals surface area contributed by atoms with E-state index in [1.54, 1.807) is 12.1 Å². The summed E-state index contributed by atoms with van der Waals surface area (Å²) in [6.07, 6.45) is 0. The highest BCUT2D eigenvalue weighted by Crippen LogP contribution is 2.26. The number of carbonyl (C=O) groups excluding carboxylic acids is 1. The fraction of sp³-hybridized carbons (Fsp3) is 0.0556. The van der Waals surface area contributed by atoms with Gasteiger partial charge in [-0.2, -0.15) is 0 Å². The quantitative estimate of drug-likeness (QED) is 0.532. The van der Waals surface area contributed by atoms with Gasteiger partial charge in [0.25, 0.3) is 0 Å². The van der Waals surface area contributed by atoms with E-state index in [1.807, 2.05) is 42.5 Å². The van der Waals surface area contributed by atoms with Crippen molar-refractivity contribution in [2.24, 2.45) is 0 Å². The first kappa shape index (κ1) is 14.4. The number of halogens is 1. The minimum atomic E-state index is -0.597. The first-order valence-corrected chi connectivity index (χ1v) is 7.26. The predicted octanol–water partition coefficient (Wildman–Crippen LogP) is 5.19. The fourth-order valence-electron chi connectivity index (χ4n) is 2.28. The molecule has 0 aliphatic carbocycles. The van der Waals surface area contributed by atoms with Crippen LogP contribution < -0.4 is 10.1 Å². The maximum absolute atomic E-state index is 10.8. The fourth-order valence-corrected chi connectivity index (χ4v) is 2.39. The number of benzene rings is 3. The first-order chi connectivity index (χ1) is 10.7. The second-order valence-corrected chi connectivity index (χ2v) is 5.20. The number of hydrogen-bond donors (Lipinski definition) is 1. The number of rotatable bonds is 4. The zero-order valence-electron chi connectivity index (χ0n) is 11.8. The molecule has 0 unspecified atom stereocenters. The molecule has 110 valence electrons. The summed E-state index contributed by atoms with van der Waals surface area (Å²) in [6, 6.07) is 21.5. The van der Waals surface area contributed by atoms with Gasteiger partial charge in [-0.1, -0.05) is 48.5 Å². The molecule has 3 aromatic rings. The van der Waals surface area contributed by atoms with Crippen molar-refractivity contribution >= 4 is 33.4 Å². The minimum absolute atomic E-state index is 0.461. The Morgan fingerprint density at radius 1 is 0.955 bits per heavy atom. The third-order valence-corrected chi connectivity index (χ3v) is 3.44. The molecule has 0 saturated heterocycles. The van der Waals surface area contributed by atoms with E-state index in [4.69, 9.17) is 16.3 Å². The molecule has 0 aliphatic heterocycles. The molecule has 1 N–H and O–H groups in total. The molecule has 0 aromatic heterocycles. The van der Waals surface area contributed by atoms with Gasteiger partial charge >= 0.3 is 5.37 Å². The van der Waals surface area contributed by atoms with E-state index in [0.717, 1.165) is 22.1 Å². The number of hydrogen-bond acceptors (Lipinski definition) is 2. The summed E-state index contributed by atoms with van der Waals surface area (Å²) in [5.74, 6) is 0.858. The summed E-state index contributed by atoms with van der Waals surface area (Å²) in [5.41, 5.74) is 1.68. The lowest BCUT2D eigenvalue weighted by Crippen LogP contribution is -2.01. The van der Waals surface area contributed by atoms with Crippen LogP contribution in [0.15, 0.2) is 66.7 Å². The van der Waals surface area contributed by atoms with Crippen molar-refractivity contribution in [1.82, 2.24) is 0 Å². The van der Waals surface area contributed by atoms with Crippen LogP contribution in [0.5, 0.6) is 5.75 Å². The Morgan fingerprint density at radius 2 is 1.68 bits per heavy atom. The van der Waals surface area contributed by atoms with E-state index in [1.165, 1.54) is 0 Å². The Bertz CT molecular complexity index is 794. The number of nitrogens with one attached hydrogen (secondary N) is 1. The van der Waals surface area contributed by atoms with E-state index in [2.05, 4.69) is 17.4 Å². The molecule has 3 nitrogen and oxygen atoms in total. The van der Waals surface area contributed by atoms with Crippen molar-refractivity contribution in [3.8, 4) is 5.75 Å². The summed E-state index contributed by atoms with van der Waals surface area (Å²) in [7, 11) is 0. The maximum Gasteiger partial charge on any atom is 0.318 e. The Hall–Kier alpha value is -2.52. The van der Waals surface area contributed by atoms with Gasteiger partial charge in [-0.3, -0.25) is 4.79 Å². The lowest BCUT2D eigenvalue weighted by Gasteiger charge is -2.10. The topological polar surface area (TPSA) is 38.3 Å². The third kappa shape index (κ3) is 3.38. The van der Waals surface area contributed by atoms with Crippen molar-refractivity contribution < 1.29 is 9.53 Å². The van der Waals surface area contributed by atoms with Gasteiger partial charge in [0.05, 0.1) is 0 Å². The molecule has 22 heavy (non-hydrogen) atoms. The van der Waals surface area contributed by atoms with Crippen LogP contribution in [-0.4, -0.2) is 5.37 Å². The van der Waals surface area contributed by atoms with Crippen LogP contribution >= 0.6 is 11.6 Å². The van der Waals surface area contributed by atoms with E-state index >= 15 is 0 Å². The van der Waals surface area contributed by atoms with Crippen molar-refractivity contribution in [2.45, 2.75) is 6.61 Å². The molecule has 0 aliphatic rings. The standard InChI is InChI=1S/C18H14ClNO2/c19-18(21)20-15-10-8-13(9-11-15)12-22-17-7-3-5-14-4-1-2-6-16(14)17/h1-11H,12H2,(H,20,21). The normalized spacial score (nSPS) is 10.4. The summed E-state index contributed by atoms with van der Waals surface area (Å²) < 4.78 is 5.91. The number of carbonyl (C=O) groups is 1. The number of ether oxygens (including phenoxy) is 1. The lowest BCUT2D eigenvalue weighted by atomic mass is 10.1. The Labute approximate surface area is 133 Å². The van der Waals surface area contributed by atoms with Crippen LogP contribution in [0.2, 0.25) is 0 Å². The van der Waals surface area contributed by atoms with Crippen LogP contribution in [0, 0.1) is 0 Å². The average molecular weight is 312 g/mol. The van der Waals surface area contributed by atoms with Gasteiger partial charge in [0.1, 0.15) is 12.4 Å². The van der Waals surface area contributed by atoms with Crippen molar-refractivity contribution in [3.63, 3.8) is 0 Å². The van der Waals surface area contributed by atoms with Crippen LogP contribution in [-0.2, 0) is 6.61 Å². The average Bonchev–Trinajstić information content (AvgIpc) is 2.54. The third-order valence-electron chi connectivity index (χ3n) is 3.34. The van der Waals surface area contributed by atoms with E-state index in [0.29, 0.717) is 12.3 Å². The molecule has 3 aromatic carbocycles. The summed E-state index contributed by atoms with van der Waals surface area (Å²) in [5, 5.41) is 4.16. The summed E-state index contributed by atoms with van der Waals surface area (Å²) in [4.78, 5) is 10.8. The Morgan fingerprint density at radius 3 is 2.45 bits per heavy atom. The van der Waals surface area contributed by atoms with Gasteiger partial charge in [-0.25, -0.2) is 0 Å². The zero-order chi connectivity index (χ0) is 15.4. The zero-order valence-corrected chi connectivity index (χ0v) is 12.5.